The number of carbonyl (C=O) groups is 1. The molecule has 0 aromatic heterocycles. The molecule has 0 aliphatic rings. The van der Waals surface area contributed by atoms with Crippen LogP contribution in [0.15, 0.2) is 22.1 Å². The van der Waals surface area contributed by atoms with Crippen molar-refractivity contribution in [2.45, 2.75) is 32.1 Å². The molecule has 0 saturated carbocycles. The van der Waals surface area contributed by atoms with Crippen molar-refractivity contribution < 1.29 is 9.53 Å². The van der Waals surface area contributed by atoms with E-state index in [0.29, 0.717) is 6.54 Å². The van der Waals surface area contributed by atoms with Crippen LogP contribution in [0.4, 0.5) is 0 Å². The van der Waals surface area contributed by atoms with Gasteiger partial charge in [-0.25, -0.2) is 20.2 Å². The molecule has 0 fully saturated rings. The fourth-order valence-electron chi connectivity index (χ4n) is 1.77. The number of hydrogen-bond donors (Lipinski definition) is 2. The van der Waals surface area contributed by atoms with Crippen molar-refractivity contribution in [3.63, 3.8) is 0 Å². The molecule has 0 spiro atoms. The number of nitrogens with zero attached hydrogens (tertiary/aromatic N) is 3. The van der Waals surface area contributed by atoms with E-state index in [1.807, 2.05) is 7.05 Å². The van der Waals surface area contributed by atoms with Crippen molar-refractivity contribution in [1.82, 2.24) is 10.3 Å². The lowest BCUT2D eigenvalue weighted by Crippen LogP contribution is -2.25. The number of rotatable bonds is 11. The molecule has 7 heteroatoms. The van der Waals surface area contributed by atoms with Crippen LogP contribution in [0, 0.1) is 12.3 Å². The molecule has 0 atom stereocenters. The van der Waals surface area contributed by atoms with Gasteiger partial charge in [0.05, 0.1) is 7.11 Å². The van der Waals surface area contributed by atoms with Gasteiger partial charge in [0.25, 0.3) is 0 Å². The molecule has 0 unspecified atom stereocenters. The predicted molar refractivity (Wildman–Crippen MR) is 98.7 cm³/mol. The van der Waals surface area contributed by atoms with Gasteiger partial charge in [-0.05, 0) is 39.3 Å². The van der Waals surface area contributed by atoms with Gasteiger partial charge in [-0.2, -0.15) is 0 Å². The Kier molecular flexibility index (Phi) is 14.5. The van der Waals surface area contributed by atoms with Crippen molar-refractivity contribution in [1.29, 1.82) is 0 Å². The van der Waals surface area contributed by atoms with Gasteiger partial charge in [-0.3, -0.25) is 5.84 Å². The van der Waals surface area contributed by atoms with Crippen LogP contribution in [0.5, 0.6) is 0 Å². The first-order valence-corrected chi connectivity index (χ1v) is 8.01. The minimum atomic E-state index is -0.583. The topological polar surface area (TPSA) is 92.3 Å². The Morgan fingerprint density at radius 1 is 1.38 bits per heavy atom. The minimum absolute atomic E-state index is 0.000885. The van der Waals surface area contributed by atoms with E-state index in [9.17, 15) is 4.79 Å². The highest BCUT2D eigenvalue weighted by molar-refractivity contribution is 6.36. The molecule has 3 N–H and O–H groups in total. The summed E-state index contributed by atoms with van der Waals surface area (Å²) in [7, 11) is 3.29. The molecule has 0 aliphatic heterocycles. The van der Waals surface area contributed by atoms with Crippen LogP contribution in [0.2, 0.25) is 0 Å². The van der Waals surface area contributed by atoms with Gasteiger partial charge in [0, 0.05) is 19.2 Å². The van der Waals surface area contributed by atoms with E-state index in [1.54, 1.807) is 6.21 Å². The zero-order valence-electron chi connectivity index (χ0n) is 14.7. The Balaban J connectivity index is 3.98. The van der Waals surface area contributed by atoms with E-state index < -0.39 is 5.97 Å². The molecule has 134 valence electrons. The molecule has 0 rings (SSSR count). The molecule has 24 heavy (non-hydrogen) atoms. The average Bonchev–Trinajstić information content (AvgIpc) is 2.59. The number of unbranched alkanes of at least 4 members (excludes halogenated alkanes) is 3. The monoisotopic (exact) mass is 335 g/mol. The first-order chi connectivity index (χ1) is 11.7. The maximum Gasteiger partial charge on any atom is 0.375 e. The van der Waals surface area contributed by atoms with Crippen LogP contribution in [0.1, 0.15) is 32.1 Å². The zero-order chi connectivity index (χ0) is 18.0. The van der Waals surface area contributed by atoms with E-state index in [1.165, 1.54) is 7.11 Å². The summed E-state index contributed by atoms with van der Waals surface area (Å²) in [5, 5.41) is 0. The van der Waals surface area contributed by atoms with E-state index in [0.717, 1.165) is 38.6 Å². The van der Waals surface area contributed by atoms with Crippen molar-refractivity contribution in [3.05, 3.63) is 12.2 Å². The molecule has 0 aromatic rings. The maximum absolute atomic E-state index is 11.5. The number of terminal acetylenes is 1. The average molecular weight is 335 g/mol. The zero-order valence-corrected chi connectivity index (χ0v) is 14.7. The number of allylic oxidation sites excluding steroid dienone is 2. The van der Waals surface area contributed by atoms with Crippen molar-refractivity contribution >= 4 is 18.0 Å². The summed E-state index contributed by atoms with van der Waals surface area (Å²) in [6, 6.07) is 0. The number of hydrazine groups is 1. The molecular formula is C17H29N5O2. The molecule has 0 aromatic carbocycles. The third-order valence-corrected chi connectivity index (χ3v) is 3.08. The van der Waals surface area contributed by atoms with Crippen LogP contribution < -0.4 is 11.3 Å². The normalized spacial score (nSPS) is 12.2. The summed E-state index contributed by atoms with van der Waals surface area (Å²) in [5.41, 5.74) is 2.34. The summed E-state index contributed by atoms with van der Waals surface area (Å²) in [6.45, 7) is 1.69. The first-order valence-electron chi connectivity index (χ1n) is 8.01. The van der Waals surface area contributed by atoms with Gasteiger partial charge >= 0.3 is 5.97 Å². The van der Waals surface area contributed by atoms with E-state index in [-0.39, 0.29) is 12.5 Å². The highest BCUT2D eigenvalue weighted by Crippen LogP contribution is 2.00. The van der Waals surface area contributed by atoms with Crippen LogP contribution in [0.25, 0.3) is 0 Å². The SMILES string of the molecule is C#CCCC=CCCCCN(C)C/C=N/C(=N\CNN)C(=O)OC. The van der Waals surface area contributed by atoms with Gasteiger partial charge in [0.2, 0.25) is 5.84 Å². The molecule has 0 saturated heterocycles. The third-order valence-electron chi connectivity index (χ3n) is 3.08. The third kappa shape index (κ3) is 12.5. The fraction of sp³-hybridized carbons (Fsp3) is 0.588. The smallest absolute Gasteiger partial charge is 0.375 e. The van der Waals surface area contributed by atoms with E-state index in [4.69, 9.17) is 12.3 Å². The summed E-state index contributed by atoms with van der Waals surface area (Å²) in [4.78, 5) is 21.5. The van der Waals surface area contributed by atoms with Gasteiger partial charge < -0.3 is 9.64 Å². The van der Waals surface area contributed by atoms with Crippen molar-refractivity contribution in [2.75, 3.05) is 33.9 Å². The second-order valence-corrected chi connectivity index (χ2v) is 5.12. The molecule has 0 radical (unpaired) electrons. The van der Waals surface area contributed by atoms with Crippen LogP contribution in [-0.2, 0) is 9.53 Å². The second kappa shape index (κ2) is 15.9. The lowest BCUT2D eigenvalue weighted by molar-refractivity contribution is -0.132. The van der Waals surface area contributed by atoms with Gasteiger partial charge in [-0.1, -0.05) is 12.2 Å². The Labute approximate surface area is 145 Å². The lowest BCUT2D eigenvalue weighted by atomic mass is 10.2. The quantitative estimate of drug-likeness (QED) is 0.0863. The fourth-order valence-corrected chi connectivity index (χ4v) is 1.77. The van der Waals surface area contributed by atoms with Gasteiger partial charge in [0.1, 0.15) is 6.67 Å². The van der Waals surface area contributed by atoms with Crippen LogP contribution in [-0.4, -0.2) is 56.8 Å². The number of methoxy groups -OCH3 is 1. The molecule has 0 bridgehead atoms. The highest BCUT2D eigenvalue weighted by atomic mass is 16.5. The Morgan fingerprint density at radius 3 is 2.79 bits per heavy atom. The van der Waals surface area contributed by atoms with Gasteiger partial charge in [0.15, 0.2) is 0 Å². The molecule has 0 amide bonds. The lowest BCUT2D eigenvalue weighted by Gasteiger charge is -2.13. The van der Waals surface area contributed by atoms with Crippen LogP contribution in [0.3, 0.4) is 0 Å². The molecule has 7 nitrogen and oxygen atoms in total. The molecule has 0 aliphatic carbocycles. The predicted octanol–water partition coefficient (Wildman–Crippen LogP) is 1.12. The van der Waals surface area contributed by atoms with Crippen molar-refractivity contribution in [3.8, 4) is 12.3 Å². The number of hydrogen-bond acceptors (Lipinski definition) is 6. The Bertz CT molecular complexity index is 466. The summed E-state index contributed by atoms with van der Waals surface area (Å²) in [6.07, 6.45) is 16.2. The highest BCUT2D eigenvalue weighted by Gasteiger charge is 2.08. The summed E-state index contributed by atoms with van der Waals surface area (Å²) < 4.78 is 4.61. The first kappa shape index (κ1) is 22.0. The number of ether oxygens (including phenoxy) is 1. The van der Waals surface area contributed by atoms with E-state index >= 15 is 0 Å². The number of nitrogens with one attached hydrogen (secondary N) is 1. The Morgan fingerprint density at radius 2 is 2.12 bits per heavy atom. The second-order valence-electron chi connectivity index (χ2n) is 5.12. The minimum Gasteiger partial charge on any atom is -0.463 e. The number of aliphatic imine (C=N–C) groups is 2. The molecule has 0 heterocycles. The Hall–Kier alpha value is -2.01. The van der Waals surface area contributed by atoms with Crippen molar-refractivity contribution in [2.24, 2.45) is 15.8 Å². The number of esters is 1. The number of amidine groups is 1. The van der Waals surface area contributed by atoms with Gasteiger partial charge in [-0.15, -0.1) is 12.3 Å². The maximum atomic E-state index is 11.5. The van der Waals surface area contributed by atoms with Crippen LogP contribution >= 0.6 is 0 Å². The number of nitrogens with two attached hydrogens (primary N) is 1. The molecular weight excluding hydrogens is 306 g/mol. The summed E-state index contributed by atoms with van der Waals surface area (Å²) in [5.74, 6) is 7.16. The number of carbonyl (C=O) groups excluding carboxylic acids is 1. The summed E-state index contributed by atoms with van der Waals surface area (Å²) >= 11 is 0. The largest absolute Gasteiger partial charge is 0.463 e. The standard InChI is InChI=1S/C17H29N5O2/c1-4-5-6-7-8-9-10-11-13-22(2)14-12-19-16(17(23)24-3)20-15-21-18/h1,7-8,12,21H,5-6,9-11,13-15,18H2,2-3H3/b8-7?,19-12+,20-16-. The van der Waals surface area contributed by atoms with E-state index in [2.05, 4.69) is 43.1 Å².